The molecule has 0 aliphatic heterocycles. The first-order valence-electron chi connectivity index (χ1n) is 6.46. The largest absolute Gasteiger partial charge is 0.378 e. The first kappa shape index (κ1) is 12.9. The summed E-state index contributed by atoms with van der Waals surface area (Å²) in [5, 5.41) is 10.2. The van der Waals surface area contributed by atoms with Gasteiger partial charge in [0.2, 0.25) is 5.78 Å². The van der Waals surface area contributed by atoms with Gasteiger partial charge in [0, 0.05) is 5.56 Å². The van der Waals surface area contributed by atoms with E-state index in [0.717, 1.165) is 24.8 Å². The van der Waals surface area contributed by atoms with Crippen LogP contribution in [-0.2, 0) is 0 Å². The predicted octanol–water partition coefficient (Wildman–Crippen LogP) is 2.88. The van der Waals surface area contributed by atoms with Crippen LogP contribution >= 0.6 is 0 Å². The second-order valence-corrected chi connectivity index (χ2v) is 4.99. The highest BCUT2D eigenvalue weighted by atomic mass is 16.3. The Balaban J connectivity index is 2.15. The number of ketones is 1. The van der Waals surface area contributed by atoms with Crippen molar-refractivity contribution in [2.24, 2.45) is 0 Å². The molecule has 0 radical (unpaired) electrons. The van der Waals surface area contributed by atoms with E-state index in [0.29, 0.717) is 18.4 Å². The number of rotatable bonds is 1. The summed E-state index contributed by atoms with van der Waals surface area (Å²) in [6.07, 6.45) is 4.49. The Morgan fingerprint density at radius 3 is 2.56 bits per heavy atom. The summed E-state index contributed by atoms with van der Waals surface area (Å²) in [6, 6.07) is 7.40. The molecule has 1 aliphatic rings. The zero-order chi connectivity index (χ0) is 13.0. The predicted molar refractivity (Wildman–Crippen MR) is 71.3 cm³/mol. The van der Waals surface area contributed by atoms with Gasteiger partial charge in [0.1, 0.15) is 5.60 Å². The number of carbonyl (C=O) groups is 1. The SMILES string of the molecule is Cc1ccccc1C(=O)C#CC1(O)CCCCC1. The first-order valence-corrected chi connectivity index (χ1v) is 6.46. The van der Waals surface area contributed by atoms with Gasteiger partial charge in [-0.2, -0.15) is 0 Å². The Kier molecular flexibility index (Phi) is 3.84. The first-order chi connectivity index (χ1) is 8.61. The summed E-state index contributed by atoms with van der Waals surface area (Å²) < 4.78 is 0. The van der Waals surface area contributed by atoms with E-state index >= 15 is 0 Å². The summed E-state index contributed by atoms with van der Waals surface area (Å²) >= 11 is 0. The molecule has 1 saturated carbocycles. The maximum atomic E-state index is 12.0. The van der Waals surface area contributed by atoms with Gasteiger partial charge in [0.05, 0.1) is 0 Å². The fourth-order valence-corrected chi connectivity index (χ4v) is 2.33. The molecule has 0 aromatic heterocycles. The molecule has 1 aliphatic carbocycles. The summed E-state index contributed by atoms with van der Waals surface area (Å²) in [7, 11) is 0. The number of carbonyl (C=O) groups excluding carboxylic acids is 1. The van der Waals surface area contributed by atoms with E-state index in [1.54, 1.807) is 6.07 Å². The van der Waals surface area contributed by atoms with Crippen molar-refractivity contribution in [3.63, 3.8) is 0 Å². The summed E-state index contributed by atoms with van der Waals surface area (Å²) in [4.78, 5) is 12.0. The van der Waals surface area contributed by atoms with Gasteiger partial charge in [-0.25, -0.2) is 0 Å². The van der Waals surface area contributed by atoms with E-state index in [9.17, 15) is 9.90 Å². The Morgan fingerprint density at radius 1 is 1.22 bits per heavy atom. The molecule has 0 unspecified atom stereocenters. The van der Waals surface area contributed by atoms with Crippen LogP contribution in [0, 0.1) is 18.8 Å². The standard InChI is InChI=1S/C16H18O2/c1-13-7-3-4-8-14(13)15(17)9-12-16(18)10-5-2-6-11-16/h3-4,7-8,18H,2,5-6,10-11H2,1H3. The lowest BCUT2D eigenvalue weighted by Gasteiger charge is -2.26. The van der Waals surface area contributed by atoms with Crippen molar-refractivity contribution in [1.29, 1.82) is 0 Å². The maximum Gasteiger partial charge on any atom is 0.236 e. The molecule has 2 nitrogen and oxygen atoms in total. The zero-order valence-electron chi connectivity index (χ0n) is 10.7. The highest BCUT2D eigenvalue weighted by molar-refractivity contribution is 6.10. The topological polar surface area (TPSA) is 37.3 Å². The molecule has 0 atom stereocenters. The van der Waals surface area contributed by atoms with E-state index in [1.807, 2.05) is 25.1 Å². The molecule has 94 valence electrons. The van der Waals surface area contributed by atoms with Gasteiger partial charge in [-0.05, 0) is 44.1 Å². The van der Waals surface area contributed by atoms with Crippen molar-refractivity contribution in [1.82, 2.24) is 0 Å². The van der Waals surface area contributed by atoms with Gasteiger partial charge in [0.25, 0.3) is 0 Å². The van der Waals surface area contributed by atoms with Gasteiger partial charge in [-0.1, -0.05) is 36.6 Å². The van der Waals surface area contributed by atoms with Crippen molar-refractivity contribution in [2.45, 2.75) is 44.6 Å². The van der Waals surface area contributed by atoms with E-state index in [-0.39, 0.29) is 5.78 Å². The third-order valence-corrected chi connectivity index (χ3v) is 3.48. The highest BCUT2D eigenvalue weighted by Gasteiger charge is 2.26. The van der Waals surface area contributed by atoms with E-state index in [1.165, 1.54) is 0 Å². The van der Waals surface area contributed by atoms with Crippen LogP contribution in [-0.4, -0.2) is 16.5 Å². The van der Waals surface area contributed by atoms with Crippen molar-refractivity contribution >= 4 is 5.78 Å². The minimum absolute atomic E-state index is 0.202. The van der Waals surface area contributed by atoms with Crippen LogP contribution in [0.15, 0.2) is 24.3 Å². The monoisotopic (exact) mass is 242 g/mol. The number of Topliss-reactive ketones (excluding diaryl/α,β-unsaturated/α-hetero) is 1. The summed E-state index contributed by atoms with van der Waals surface area (Å²) in [5.74, 6) is 5.19. The molecule has 2 rings (SSSR count). The van der Waals surface area contributed by atoms with Crippen molar-refractivity contribution < 1.29 is 9.90 Å². The van der Waals surface area contributed by atoms with Gasteiger partial charge in [-0.15, -0.1) is 0 Å². The number of aliphatic hydroxyl groups is 1. The van der Waals surface area contributed by atoms with Crippen molar-refractivity contribution in [2.75, 3.05) is 0 Å². The number of hydrogen-bond acceptors (Lipinski definition) is 2. The van der Waals surface area contributed by atoms with Crippen molar-refractivity contribution in [3.8, 4) is 11.8 Å². The molecule has 1 aromatic carbocycles. The lowest BCUT2D eigenvalue weighted by Crippen LogP contribution is -2.29. The molecule has 0 spiro atoms. The van der Waals surface area contributed by atoms with E-state index < -0.39 is 5.60 Å². The van der Waals surface area contributed by atoms with Gasteiger partial charge >= 0.3 is 0 Å². The molecular formula is C16H18O2. The molecule has 2 heteroatoms. The normalized spacial score (nSPS) is 17.7. The van der Waals surface area contributed by atoms with Crippen LogP contribution in [0.25, 0.3) is 0 Å². The Bertz CT molecular complexity index is 499. The van der Waals surface area contributed by atoms with E-state index in [4.69, 9.17) is 0 Å². The minimum atomic E-state index is -0.948. The molecule has 1 fully saturated rings. The summed E-state index contributed by atoms with van der Waals surface area (Å²) in [6.45, 7) is 1.89. The van der Waals surface area contributed by atoms with Gasteiger partial charge in [-0.3, -0.25) is 4.79 Å². The summed E-state index contributed by atoms with van der Waals surface area (Å²) in [5.41, 5.74) is 0.605. The van der Waals surface area contributed by atoms with Crippen LogP contribution in [0.3, 0.4) is 0 Å². The lowest BCUT2D eigenvalue weighted by molar-refractivity contribution is 0.0607. The van der Waals surface area contributed by atoms with Crippen molar-refractivity contribution in [3.05, 3.63) is 35.4 Å². The molecule has 1 aromatic rings. The lowest BCUT2D eigenvalue weighted by atomic mass is 9.85. The molecule has 0 heterocycles. The average Bonchev–Trinajstić information content (AvgIpc) is 2.38. The second-order valence-electron chi connectivity index (χ2n) is 4.99. The van der Waals surface area contributed by atoms with Crippen LogP contribution in [0.2, 0.25) is 0 Å². The fraction of sp³-hybridized carbons (Fsp3) is 0.438. The quantitative estimate of drug-likeness (QED) is 0.467. The number of benzene rings is 1. The zero-order valence-corrected chi connectivity index (χ0v) is 10.7. The molecule has 18 heavy (non-hydrogen) atoms. The molecular weight excluding hydrogens is 224 g/mol. The smallest absolute Gasteiger partial charge is 0.236 e. The second kappa shape index (κ2) is 5.37. The van der Waals surface area contributed by atoms with Crippen LogP contribution < -0.4 is 0 Å². The number of aryl methyl sites for hydroxylation is 1. The Labute approximate surface area is 108 Å². The molecule has 1 N–H and O–H groups in total. The third kappa shape index (κ3) is 3.00. The molecule has 0 saturated heterocycles. The van der Waals surface area contributed by atoms with Crippen LogP contribution in [0.1, 0.15) is 48.0 Å². The molecule has 0 bridgehead atoms. The Hall–Kier alpha value is -1.59. The highest BCUT2D eigenvalue weighted by Crippen LogP contribution is 2.27. The van der Waals surface area contributed by atoms with E-state index in [2.05, 4.69) is 11.8 Å². The minimum Gasteiger partial charge on any atom is -0.378 e. The van der Waals surface area contributed by atoms with Gasteiger partial charge < -0.3 is 5.11 Å². The molecule has 0 amide bonds. The number of hydrogen-bond donors (Lipinski definition) is 1. The van der Waals surface area contributed by atoms with Crippen LogP contribution in [0.5, 0.6) is 0 Å². The third-order valence-electron chi connectivity index (χ3n) is 3.48. The van der Waals surface area contributed by atoms with Gasteiger partial charge in [0.15, 0.2) is 0 Å². The fourth-order valence-electron chi connectivity index (χ4n) is 2.33. The van der Waals surface area contributed by atoms with Crippen LogP contribution in [0.4, 0.5) is 0 Å². The maximum absolute atomic E-state index is 12.0. The Morgan fingerprint density at radius 2 is 1.89 bits per heavy atom. The average molecular weight is 242 g/mol.